The molecule has 4 aliphatic rings. The normalized spacial score (nSPS) is 59.2. The largest absolute Gasteiger partial charge is 0.393 e. The topological polar surface area (TPSA) is 57.5 Å². The van der Waals surface area contributed by atoms with Gasteiger partial charge in [0.05, 0.1) is 11.7 Å². The van der Waals surface area contributed by atoms with Crippen molar-refractivity contribution in [3.05, 3.63) is 0 Å². The molecule has 2 N–H and O–H groups in total. The molecule has 3 nitrogen and oxygen atoms in total. The lowest BCUT2D eigenvalue weighted by Gasteiger charge is -2.65. The number of fused-ring (bicyclic) bond motifs is 5. The first-order valence-corrected chi connectivity index (χ1v) is 9.66. The minimum absolute atomic E-state index is 0.0957. The molecule has 0 amide bonds. The maximum Gasteiger partial charge on any atom is 0.139 e. The van der Waals surface area contributed by atoms with E-state index < -0.39 is 5.60 Å². The molecule has 4 rings (SSSR count). The molecule has 4 aliphatic carbocycles. The first kappa shape index (κ1) is 16.1. The van der Waals surface area contributed by atoms with Crippen LogP contribution in [0.5, 0.6) is 0 Å². The predicted molar refractivity (Wildman–Crippen MR) is 88.7 cm³/mol. The van der Waals surface area contributed by atoms with Crippen molar-refractivity contribution in [2.75, 3.05) is 0 Å². The molecule has 8 atom stereocenters. The third kappa shape index (κ3) is 1.87. The van der Waals surface area contributed by atoms with Gasteiger partial charge in [-0.3, -0.25) is 4.79 Å². The second-order valence-electron chi connectivity index (χ2n) is 9.67. The first-order chi connectivity index (χ1) is 10.7. The van der Waals surface area contributed by atoms with Gasteiger partial charge in [-0.1, -0.05) is 20.8 Å². The second kappa shape index (κ2) is 4.82. The van der Waals surface area contributed by atoms with Crippen LogP contribution in [0.4, 0.5) is 0 Å². The van der Waals surface area contributed by atoms with Gasteiger partial charge in [0, 0.05) is 18.3 Å². The van der Waals surface area contributed by atoms with Crippen LogP contribution in [0.3, 0.4) is 0 Å². The number of rotatable bonds is 0. The molecule has 130 valence electrons. The number of ketones is 1. The van der Waals surface area contributed by atoms with Crippen molar-refractivity contribution in [2.45, 2.75) is 83.8 Å². The molecule has 0 aliphatic heterocycles. The van der Waals surface area contributed by atoms with Gasteiger partial charge in [0.1, 0.15) is 5.78 Å². The van der Waals surface area contributed by atoms with Crippen molar-refractivity contribution in [3.8, 4) is 0 Å². The highest BCUT2D eigenvalue weighted by Crippen LogP contribution is 2.67. The Kier molecular flexibility index (Phi) is 3.37. The zero-order chi connectivity index (χ0) is 16.6. The lowest BCUT2D eigenvalue weighted by Crippen LogP contribution is -2.66. The summed E-state index contributed by atoms with van der Waals surface area (Å²) in [5.74, 6) is 2.31. The number of Topliss-reactive ketones (excluding diaryl/α,β-unsaturated/α-hetero) is 1. The molecule has 4 saturated carbocycles. The summed E-state index contributed by atoms with van der Waals surface area (Å²) in [5, 5.41) is 21.7. The molecule has 3 heteroatoms. The number of hydrogen-bond acceptors (Lipinski definition) is 3. The van der Waals surface area contributed by atoms with Gasteiger partial charge in [-0.15, -0.1) is 0 Å². The van der Waals surface area contributed by atoms with Crippen LogP contribution in [-0.4, -0.2) is 27.7 Å². The zero-order valence-electron chi connectivity index (χ0n) is 14.8. The lowest BCUT2D eigenvalue weighted by molar-refractivity contribution is -0.241. The van der Waals surface area contributed by atoms with Crippen LogP contribution < -0.4 is 0 Å². The fraction of sp³-hybridized carbons (Fsp3) is 0.950. The van der Waals surface area contributed by atoms with E-state index in [2.05, 4.69) is 20.8 Å². The van der Waals surface area contributed by atoms with Crippen molar-refractivity contribution in [1.82, 2.24) is 0 Å². The average molecular weight is 320 g/mol. The van der Waals surface area contributed by atoms with Gasteiger partial charge in [0.15, 0.2) is 0 Å². The molecule has 0 radical (unpaired) electrons. The molecule has 0 bridgehead atoms. The molecule has 4 fully saturated rings. The summed E-state index contributed by atoms with van der Waals surface area (Å²) >= 11 is 0. The van der Waals surface area contributed by atoms with E-state index in [0.29, 0.717) is 30.0 Å². The Morgan fingerprint density at radius 3 is 2.57 bits per heavy atom. The Balaban J connectivity index is 1.72. The molecule has 0 aromatic carbocycles. The smallest absolute Gasteiger partial charge is 0.139 e. The first-order valence-electron chi connectivity index (χ1n) is 9.66. The van der Waals surface area contributed by atoms with Gasteiger partial charge >= 0.3 is 0 Å². The minimum Gasteiger partial charge on any atom is -0.393 e. The van der Waals surface area contributed by atoms with Gasteiger partial charge in [0.2, 0.25) is 0 Å². The highest BCUT2D eigenvalue weighted by molar-refractivity contribution is 5.87. The number of aliphatic hydroxyl groups is 2. The Labute approximate surface area is 139 Å². The summed E-state index contributed by atoms with van der Waals surface area (Å²) < 4.78 is 0. The Hall–Kier alpha value is -0.410. The molecule has 0 heterocycles. The van der Waals surface area contributed by atoms with E-state index in [-0.39, 0.29) is 22.9 Å². The van der Waals surface area contributed by atoms with Crippen LogP contribution in [0.25, 0.3) is 0 Å². The number of carbonyl (C=O) groups is 1. The predicted octanol–water partition coefficient (Wildman–Crippen LogP) is 3.32. The van der Waals surface area contributed by atoms with E-state index >= 15 is 0 Å². The van der Waals surface area contributed by atoms with Crippen molar-refractivity contribution < 1.29 is 15.0 Å². The molecule has 23 heavy (non-hydrogen) atoms. The van der Waals surface area contributed by atoms with Gasteiger partial charge in [-0.25, -0.2) is 0 Å². The van der Waals surface area contributed by atoms with Crippen LogP contribution in [0.1, 0.15) is 72.1 Å². The number of aliphatic hydroxyl groups excluding tert-OH is 1. The van der Waals surface area contributed by atoms with Gasteiger partial charge < -0.3 is 10.2 Å². The summed E-state index contributed by atoms with van der Waals surface area (Å²) in [6.07, 6.45) is 6.84. The van der Waals surface area contributed by atoms with Crippen molar-refractivity contribution in [1.29, 1.82) is 0 Å². The second-order valence-corrected chi connectivity index (χ2v) is 9.67. The minimum atomic E-state index is -0.734. The molecule has 0 aromatic rings. The third-order valence-electron chi connectivity index (χ3n) is 8.94. The van der Waals surface area contributed by atoms with E-state index in [1.165, 1.54) is 0 Å². The van der Waals surface area contributed by atoms with Crippen molar-refractivity contribution in [3.63, 3.8) is 0 Å². The fourth-order valence-electron chi connectivity index (χ4n) is 7.43. The number of carbonyl (C=O) groups excluding carboxylic acids is 1. The maximum atomic E-state index is 12.5. The highest BCUT2D eigenvalue weighted by Gasteiger charge is 2.66. The van der Waals surface area contributed by atoms with E-state index in [0.717, 1.165) is 44.9 Å². The summed E-state index contributed by atoms with van der Waals surface area (Å²) in [5.41, 5.74) is -0.926. The average Bonchev–Trinajstić information content (AvgIpc) is 2.79. The SMILES string of the molecule is C[C@@H]1CC2C3CCC(=O)[C@@]3(C)CCC2[C@@]2(C)CC[C@H](O)CC12O. The summed E-state index contributed by atoms with van der Waals surface area (Å²) in [6.45, 7) is 6.67. The van der Waals surface area contributed by atoms with E-state index in [1.54, 1.807) is 0 Å². The lowest BCUT2D eigenvalue weighted by atomic mass is 9.41. The van der Waals surface area contributed by atoms with E-state index in [4.69, 9.17) is 0 Å². The molecular weight excluding hydrogens is 288 g/mol. The molecular formula is C20H32O3. The van der Waals surface area contributed by atoms with Gasteiger partial charge in [0.25, 0.3) is 0 Å². The van der Waals surface area contributed by atoms with Crippen molar-refractivity contribution in [2.24, 2.45) is 34.5 Å². The summed E-state index contributed by atoms with van der Waals surface area (Å²) in [4.78, 5) is 12.5. The van der Waals surface area contributed by atoms with Crippen LogP contribution in [-0.2, 0) is 4.79 Å². The maximum absolute atomic E-state index is 12.5. The Bertz CT molecular complexity index is 531. The van der Waals surface area contributed by atoms with Crippen LogP contribution in [0, 0.1) is 34.5 Å². The fourth-order valence-corrected chi connectivity index (χ4v) is 7.43. The molecule has 0 spiro atoms. The Morgan fingerprint density at radius 2 is 1.83 bits per heavy atom. The quantitative estimate of drug-likeness (QED) is 0.720. The summed E-state index contributed by atoms with van der Waals surface area (Å²) in [6, 6.07) is 0. The standard InChI is InChI=1S/C20H32O3/c1-12-10-14-15-4-5-17(22)18(15,2)8-7-16(14)19(3)9-6-13(21)11-20(12,19)23/h12-16,21,23H,4-11H2,1-3H3/t12-,13+,14?,15?,16?,18+,19-,20?/m1/s1. The Morgan fingerprint density at radius 1 is 1.09 bits per heavy atom. The van der Waals surface area contributed by atoms with E-state index in [9.17, 15) is 15.0 Å². The van der Waals surface area contributed by atoms with Crippen molar-refractivity contribution >= 4 is 5.78 Å². The van der Waals surface area contributed by atoms with Crippen LogP contribution >= 0.6 is 0 Å². The highest BCUT2D eigenvalue weighted by atomic mass is 16.3. The monoisotopic (exact) mass is 320 g/mol. The molecule has 0 aromatic heterocycles. The van der Waals surface area contributed by atoms with Crippen LogP contribution in [0.2, 0.25) is 0 Å². The zero-order valence-corrected chi connectivity index (χ0v) is 14.8. The summed E-state index contributed by atoms with van der Waals surface area (Å²) in [7, 11) is 0. The van der Waals surface area contributed by atoms with Crippen LogP contribution in [0.15, 0.2) is 0 Å². The number of hydrogen-bond donors (Lipinski definition) is 2. The third-order valence-corrected chi connectivity index (χ3v) is 8.94. The van der Waals surface area contributed by atoms with E-state index in [1.807, 2.05) is 0 Å². The van der Waals surface area contributed by atoms with Gasteiger partial charge in [-0.2, -0.15) is 0 Å². The van der Waals surface area contributed by atoms with Gasteiger partial charge in [-0.05, 0) is 67.6 Å². The molecule has 0 saturated heterocycles. The molecule has 4 unspecified atom stereocenters.